The molecule has 2 rings (SSSR count). The van der Waals surface area contributed by atoms with Crippen molar-refractivity contribution in [2.75, 3.05) is 6.54 Å². The van der Waals surface area contributed by atoms with E-state index >= 15 is 0 Å². The van der Waals surface area contributed by atoms with Crippen LogP contribution >= 0.6 is 0 Å². The topological polar surface area (TPSA) is 118 Å². The predicted octanol–water partition coefficient (Wildman–Crippen LogP) is 0.492. The van der Waals surface area contributed by atoms with Crippen LogP contribution in [0.3, 0.4) is 0 Å². The molecule has 0 aromatic heterocycles. The summed E-state index contributed by atoms with van der Waals surface area (Å²) in [7, 11) is 0. The van der Waals surface area contributed by atoms with Crippen molar-refractivity contribution in [2.45, 2.75) is 13.8 Å². The van der Waals surface area contributed by atoms with Crippen LogP contribution < -0.4 is 5.73 Å². The first-order chi connectivity index (χ1) is 9.65. The summed E-state index contributed by atoms with van der Waals surface area (Å²) in [6, 6.07) is 3.72. The molecule has 1 aromatic carbocycles. The van der Waals surface area contributed by atoms with E-state index in [1.54, 1.807) is 0 Å². The van der Waals surface area contributed by atoms with Gasteiger partial charge < -0.3 is 10.8 Å². The Bertz CT molecular complexity index is 678. The van der Waals surface area contributed by atoms with Gasteiger partial charge >= 0.3 is 5.97 Å². The summed E-state index contributed by atoms with van der Waals surface area (Å²) in [5, 5.41) is 8.92. The number of carbonyl (C=O) groups is 4. The molecule has 0 fully saturated rings. The maximum absolute atomic E-state index is 12.2. The second kappa shape index (κ2) is 4.69. The minimum absolute atomic E-state index is 0.0279. The molecule has 3 amide bonds. The van der Waals surface area contributed by atoms with E-state index in [-0.39, 0.29) is 23.2 Å². The zero-order valence-electron chi connectivity index (χ0n) is 11.5. The van der Waals surface area contributed by atoms with E-state index in [0.29, 0.717) is 0 Å². The lowest BCUT2D eigenvalue weighted by atomic mass is 9.92. The number of amides is 3. The van der Waals surface area contributed by atoms with Gasteiger partial charge in [-0.3, -0.25) is 19.3 Å². The number of rotatable bonds is 4. The maximum Gasteiger partial charge on any atom is 0.335 e. The van der Waals surface area contributed by atoms with Crippen molar-refractivity contribution in [3.05, 3.63) is 34.9 Å². The van der Waals surface area contributed by atoms with Crippen LogP contribution in [0.15, 0.2) is 18.2 Å². The molecule has 3 N–H and O–H groups in total. The molecule has 0 bridgehead atoms. The smallest absolute Gasteiger partial charge is 0.335 e. The lowest BCUT2D eigenvalue weighted by Crippen LogP contribution is -2.44. The number of primary amides is 1. The van der Waals surface area contributed by atoms with Gasteiger partial charge in [0.05, 0.1) is 22.1 Å². The van der Waals surface area contributed by atoms with Crippen molar-refractivity contribution >= 4 is 23.7 Å². The molecule has 21 heavy (non-hydrogen) atoms. The van der Waals surface area contributed by atoms with Gasteiger partial charge in [-0.2, -0.15) is 0 Å². The van der Waals surface area contributed by atoms with E-state index in [4.69, 9.17) is 10.8 Å². The second-order valence-corrected chi connectivity index (χ2v) is 5.51. The number of carboxylic acids is 1. The van der Waals surface area contributed by atoms with Crippen molar-refractivity contribution in [3.63, 3.8) is 0 Å². The van der Waals surface area contributed by atoms with Crippen molar-refractivity contribution in [3.8, 4) is 0 Å². The van der Waals surface area contributed by atoms with E-state index in [9.17, 15) is 19.2 Å². The van der Waals surface area contributed by atoms with Gasteiger partial charge in [-0.25, -0.2) is 4.79 Å². The number of benzene rings is 1. The molecular weight excluding hydrogens is 276 g/mol. The molecule has 110 valence electrons. The summed E-state index contributed by atoms with van der Waals surface area (Å²) in [6.45, 7) is 2.90. The molecule has 7 heteroatoms. The largest absolute Gasteiger partial charge is 0.478 e. The minimum Gasteiger partial charge on any atom is -0.478 e. The van der Waals surface area contributed by atoms with Crippen LogP contribution in [0.5, 0.6) is 0 Å². The highest BCUT2D eigenvalue weighted by molar-refractivity contribution is 6.22. The Labute approximate surface area is 120 Å². The molecule has 0 saturated heterocycles. The van der Waals surface area contributed by atoms with E-state index in [0.717, 1.165) is 11.0 Å². The first kappa shape index (κ1) is 14.7. The summed E-state index contributed by atoms with van der Waals surface area (Å²) in [4.78, 5) is 47.6. The molecule has 7 nitrogen and oxygen atoms in total. The van der Waals surface area contributed by atoms with Gasteiger partial charge in [-0.15, -0.1) is 0 Å². The second-order valence-electron chi connectivity index (χ2n) is 5.51. The van der Waals surface area contributed by atoms with Crippen molar-refractivity contribution in [1.82, 2.24) is 4.90 Å². The van der Waals surface area contributed by atoms with Crippen LogP contribution in [0, 0.1) is 5.41 Å². The monoisotopic (exact) mass is 290 g/mol. The number of hydrogen-bond donors (Lipinski definition) is 2. The SMILES string of the molecule is CC(C)(CN1C(=O)c2ccc(C(=O)O)cc2C1=O)C(N)=O. The molecule has 1 aromatic rings. The van der Waals surface area contributed by atoms with Gasteiger partial charge in [0.15, 0.2) is 0 Å². The van der Waals surface area contributed by atoms with Gasteiger partial charge in [-0.1, -0.05) is 0 Å². The number of hydrogen-bond acceptors (Lipinski definition) is 4. The molecule has 0 saturated carbocycles. The summed E-state index contributed by atoms with van der Waals surface area (Å²) >= 11 is 0. The number of carboxylic acid groups (broad SMARTS) is 1. The van der Waals surface area contributed by atoms with Crippen molar-refractivity contribution in [1.29, 1.82) is 0 Å². The average Bonchev–Trinajstić information content (AvgIpc) is 2.63. The van der Waals surface area contributed by atoms with Crippen LogP contribution in [0.2, 0.25) is 0 Å². The molecule has 1 aliphatic rings. The third kappa shape index (κ3) is 2.37. The highest BCUT2D eigenvalue weighted by Crippen LogP contribution is 2.27. The Morgan fingerprint density at radius 3 is 2.29 bits per heavy atom. The Kier molecular flexibility index (Phi) is 3.29. The molecule has 0 atom stereocenters. The van der Waals surface area contributed by atoms with Crippen LogP contribution in [0.1, 0.15) is 44.9 Å². The van der Waals surface area contributed by atoms with Crippen LogP contribution in [0.4, 0.5) is 0 Å². The number of fused-ring (bicyclic) bond motifs is 1. The fraction of sp³-hybridized carbons (Fsp3) is 0.286. The van der Waals surface area contributed by atoms with E-state index in [1.807, 2.05) is 0 Å². The Hall–Kier alpha value is -2.70. The summed E-state index contributed by atoms with van der Waals surface area (Å²) < 4.78 is 0. The fourth-order valence-corrected chi connectivity index (χ4v) is 2.04. The lowest BCUT2D eigenvalue weighted by molar-refractivity contribution is -0.126. The first-order valence-corrected chi connectivity index (χ1v) is 6.18. The zero-order valence-corrected chi connectivity index (χ0v) is 11.5. The number of aromatic carboxylic acids is 1. The fourth-order valence-electron chi connectivity index (χ4n) is 2.04. The van der Waals surface area contributed by atoms with Crippen LogP contribution in [0.25, 0.3) is 0 Å². The average molecular weight is 290 g/mol. The summed E-state index contributed by atoms with van der Waals surface area (Å²) in [5.41, 5.74) is 4.26. The van der Waals surface area contributed by atoms with Gasteiger partial charge in [0.2, 0.25) is 5.91 Å². The van der Waals surface area contributed by atoms with Crippen molar-refractivity contribution < 1.29 is 24.3 Å². The molecule has 0 unspecified atom stereocenters. The molecule has 0 radical (unpaired) electrons. The van der Waals surface area contributed by atoms with Crippen LogP contribution in [-0.2, 0) is 4.79 Å². The molecule has 1 aliphatic heterocycles. The third-order valence-electron chi connectivity index (χ3n) is 3.44. The highest BCUT2D eigenvalue weighted by Gasteiger charge is 2.40. The minimum atomic E-state index is -1.19. The van der Waals surface area contributed by atoms with E-state index in [2.05, 4.69) is 0 Å². The van der Waals surface area contributed by atoms with Gasteiger partial charge in [0, 0.05) is 6.54 Å². The van der Waals surface area contributed by atoms with Gasteiger partial charge in [0.1, 0.15) is 0 Å². The standard InChI is InChI=1S/C14H14N2O5/c1-14(2,13(15)21)6-16-10(17)8-4-3-7(12(19)20)5-9(8)11(16)18/h3-5H,6H2,1-2H3,(H2,15,21)(H,19,20). The Balaban J connectivity index is 2.39. The maximum atomic E-state index is 12.2. The molecule has 1 heterocycles. The van der Waals surface area contributed by atoms with Crippen molar-refractivity contribution in [2.24, 2.45) is 11.1 Å². The number of nitrogens with zero attached hydrogens (tertiary/aromatic N) is 1. The Morgan fingerprint density at radius 2 is 1.76 bits per heavy atom. The van der Waals surface area contributed by atoms with E-state index in [1.165, 1.54) is 26.0 Å². The quantitative estimate of drug-likeness (QED) is 0.782. The zero-order chi connectivity index (χ0) is 15.9. The normalized spacial score (nSPS) is 14.3. The first-order valence-electron chi connectivity index (χ1n) is 6.18. The number of imide groups is 1. The molecular formula is C14H14N2O5. The molecule has 0 aliphatic carbocycles. The van der Waals surface area contributed by atoms with Gasteiger partial charge in [0.25, 0.3) is 11.8 Å². The van der Waals surface area contributed by atoms with Crippen LogP contribution in [-0.4, -0.2) is 40.2 Å². The number of carbonyl (C=O) groups excluding carboxylic acids is 3. The summed E-state index contributed by atoms with van der Waals surface area (Å²) in [6.07, 6.45) is 0. The predicted molar refractivity (Wildman–Crippen MR) is 71.7 cm³/mol. The van der Waals surface area contributed by atoms with E-state index < -0.39 is 29.1 Å². The summed E-state index contributed by atoms with van der Waals surface area (Å²) in [5.74, 6) is -2.99. The lowest BCUT2D eigenvalue weighted by Gasteiger charge is -2.25. The number of nitrogens with two attached hydrogens (primary N) is 1. The third-order valence-corrected chi connectivity index (χ3v) is 3.44. The van der Waals surface area contributed by atoms with Gasteiger partial charge in [-0.05, 0) is 32.0 Å². The molecule has 0 spiro atoms. The highest BCUT2D eigenvalue weighted by atomic mass is 16.4. The Morgan fingerprint density at radius 1 is 1.19 bits per heavy atom.